The molecule has 3 rings (SSSR count). The molecule has 0 atom stereocenters. The molecule has 1 heterocycles. The predicted molar refractivity (Wildman–Crippen MR) is 85.3 cm³/mol. The first-order valence-electron chi connectivity index (χ1n) is 7.12. The second kappa shape index (κ2) is 6.05. The number of rotatable bonds is 4. The van der Waals surface area contributed by atoms with Crippen molar-refractivity contribution in [3.63, 3.8) is 0 Å². The number of sulfonamides is 1. The average Bonchev–Trinajstić information content (AvgIpc) is 3.28. The topological polar surface area (TPSA) is 40.6 Å². The van der Waals surface area contributed by atoms with Crippen LogP contribution < -0.4 is 0 Å². The summed E-state index contributed by atoms with van der Waals surface area (Å²) in [4.78, 5) is 2.25. The first-order valence-corrected chi connectivity index (χ1v) is 9.38. The Morgan fingerprint density at radius 3 is 2.29 bits per heavy atom. The molecule has 21 heavy (non-hydrogen) atoms. The number of hydrogen-bond donors (Lipinski definition) is 0. The molecule has 0 unspecified atom stereocenters. The highest BCUT2D eigenvalue weighted by Gasteiger charge is 2.40. The number of halogens is 2. The third-order valence-corrected chi connectivity index (χ3v) is 7.16. The van der Waals surface area contributed by atoms with Gasteiger partial charge in [-0.15, -0.1) is 0 Å². The van der Waals surface area contributed by atoms with Gasteiger partial charge in [-0.2, -0.15) is 4.31 Å². The molecule has 1 aromatic rings. The molecule has 2 aliphatic rings. The lowest BCUT2D eigenvalue weighted by Gasteiger charge is -2.34. The molecule has 1 aliphatic heterocycles. The second-order valence-corrected chi connectivity index (χ2v) is 8.70. The molecule has 0 aromatic heterocycles. The minimum atomic E-state index is -3.03. The van der Waals surface area contributed by atoms with Crippen molar-refractivity contribution in [3.8, 4) is 0 Å². The van der Waals surface area contributed by atoms with Gasteiger partial charge in [0.1, 0.15) is 0 Å². The van der Waals surface area contributed by atoms with Crippen LogP contribution in [0.15, 0.2) is 18.2 Å². The molecule has 7 heteroatoms. The fourth-order valence-corrected chi connectivity index (χ4v) is 4.76. The van der Waals surface area contributed by atoms with Crippen molar-refractivity contribution in [1.29, 1.82) is 0 Å². The Kier molecular flexibility index (Phi) is 4.48. The Labute approximate surface area is 135 Å². The fourth-order valence-electron chi connectivity index (χ4n) is 2.62. The van der Waals surface area contributed by atoms with Gasteiger partial charge in [-0.3, -0.25) is 4.90 Å². The van der Waals surface area contributed by atoms with Crippen molar-refractivity contribution >= 4 is 33.2 Å². The number of hydrogen-bond acceptors (Lipinski definition) is 3. The summed E-state index contributed by atoms with van der Waals surface area (Å²) in [6.45, 7) is 3.45. The van der Waals surface area contributed by atoms with Crippen LogP contribution in [-0.4, -0.2) is 49.1 Å². The molecule has 0 bridgehead atoms. The first kappa shape index (κ1) is 15.6. The van der Waals surface area contributed by atoms with Gasteiger partial charge >= 0.3 is 0 Å². The molecular formula is C14H18Cl2N2O2S. The Bertz CT molecular complexity index is 624. The normalized spacial score (nSPS) is 21.6. The largest absolute Gasteiger partial charge is 0.296 e. The lowest BCUT2D eigenvalue weighted by atomic mass is 10.2. The highest BCUT2D eigenvalue weighted by Crippen LogP contribution is 2.31. The van der Waals surface area contributed by atoms with Crippen LogP contribution in [0.1, 0.15) is 18.4 Å². The van der Waals surface area contributed by atoms with Gasteiger partial charge in [0.2, 0.25) is 10.0 Å². The molecule has 0 amide bonds. The van der Waals surface area contributed by atoms with Gasteiger partial charge in [-0.05, 0) is 30.5 Å². The van der Waals surface area contributed by atoms with E-state index < -0.39 is 10.0 Å². The summed E-state index contributed by atoms with van der Waals surface area (Å²) < 4.78 is 26.0. The summed E-state index contributed by atoms with van der Waals surface area (Å²) in [6, 6.07) is 5.63. The lowest BCUT2D eigenvalue weighted by molar-refractivity contribution is 0.181. The molecular weight excluding hydrogens is 331 g/mol. The van der Waals surface area contributed by atoms with E-state index in [1.807, 2.05) is 12.1 Å². The Hall–Kier alpha value is -0.330. The third kappa shape index (κ3) is 3.54. The summed E-state index contributed by atoms with van der Waals surface area (Å²) in [5.74, 6) is 0. The molecule has 0 radical (unpaired) electrons. The van der Waals surface area contributed by atoms with Gasteiger partial charge < -0.3 is 0 Å². The summed E-state index contributed by atoms with van der Waals surface area (Å²) >= 11 is 11.9. The van der Waals surface area contributed by atoms with Crippen LogP contribution in [0, 0.1) is 0 Å². The van der Waals surface area contributed by atoms with Gasteiger partial charge in [0.05, 0.1) is 15.3 Å². The molecule has 116 valence electrons. The molecule has 1 saturated carbocycles. The highest BCUT2D eigenvalue weighted by molar-refractivity contribution is 7.90. The number of benzene rings is 1. The van der Waals surface area contributed by atoms with Crippen LogP contribution in [0.2, 0.25) is 10.0 Å². The summed E-state index contributed by atoms with van der Waals surface area (Å²) in [6.07, 6.45) is 1.65. The maximum absolute atomic E-state index is 12.2. The van der Waals surface area contributed by atoms with E-state index in [-0.39, 0.29) is 5.25 Å². The molecule has 2 fully saturated rings. The van der Waals surface area contributed by atoms with Crippen LogP contribution in [-0.2, 0) is 16.6 Å². The van der Waals surface area contributed by atoms with E-state index in [9.17, 15) is 8.42 Å². The van der Waals surface area contributed by atoms with E-state index in [4.69, 9.17) is 23.2 Å². The van der Waals surface area contributed by atoms with Crippen molar-refractivity contribution in [3.05, 3.63) is 33.8 Å². The quantitative estimate of drug-likeness (QED) is 0.839. The van der Waals surface area contributed by atoms with Gasteiger partial charge in [-0.1, -0.05) is 29.3 Å². The van der Waals surface area contributed by atoms with E-state index in [1.54, 1.807) is 10.4 Å². The summed E-state index contributed by atoms with van der Waals surface area (Å²) in [7, 11) is -3.03. The van der Waals surface area contributed by atoms with Gasteiger partial charge in [0.15, 0.2) is 0 Å². The number of nitrogens with zero attached hydrogens (tertiary/aromatic N) is 2. The fraction of sp³-hybridized carbons (Fsp3) is 0.571. The predicted octanol–water partition coefficient (Wildman–Crippen LogP) is 2.60. The Morgan fingerprint density at radius 2 is 1.71 bits per heavy atom. The van der Waals surface area contributed by atoms with Crippen molar-refractivity contribution in [1.82, 2.24) is 9.21 Å². The van der Waals surface area contributed by atoms with Gasteiger partial charge in [0.25, 0.3) is 0 Å². The van der Waals surface area contributed by atoms with Crippen molar-refractivity contribution < 1.29 is 8.42 Å². The third-order valence-electron chi connectivity index (χ3n) is 4.03. The monoisotopic (exact) mass is 348 g/mol. The first-order chi connectivity index (χ1) is 9.96. The maximum atomic E-state index is 12.2. The van der Waals surface area contributed by atoms with E-state index >= 15 is 0 Å². The molecule has 1 aromatic carbocycles. The van der Waals surface area contributed by atoms with Crippen molar-refractivity contribution in [2.45, 2.75) is 24.6 Å². The van der Waals surface area contributed by atoms with E-state index in [0.29, 0.717) is 23.1 Å². The zero-order valence-electron chi connectivity index (χ0n) is 11.6. The Balaban J connectivity index is 1.57. The van der Waals surface area contributed by atoms with Crippen molar-refractivity contribution in [2.24, 2.45) is 0 Å². The van der Waals surface area contributed by atoms with Crippen LogP contribution in [0.4, 0.5) is 0 Å². The summed E-state index contributed by atoms with van der Waals surface area (Å²) in [5, 5.41) is 1.00. The molecule has 4 nitrogen and oxygen atoms in total. The average molecular weight is 349 g/mol. The van der Waals surface area contributed by atoms with E-state index in [0.717, 1.165) is 38.0 Å². The maximum Gasteiger partial charge on any atom is 0.217 e. The van der Waals surface area contributed by atoms with Crippen molar-refractivity contribution in [2.75, 3.05) is 26.2 Å². The van der Waals surface area contributed by atoms with Crippen LogP contribution >= 0.6 is 23.2 Å². The standard InChI is InChI=1S/C14H18Cl2N2O2S/c15-13-4-1-11(9-14(13)16)10-17-5-7-18(8-6-17)21(19,20)12-2-3-12/h1,4,9,12H,2-3,5-8,10H2. The van der Waals surface area contributed by atoms with Crippen LogP contribution in [0.5, 0.6) is 0 Å². The van der Waals surface area contributed by atoms with Gasteiger partial charge in [0, 0.05) is 32.7 Å². The van der Waals surface area contributed by atoms with Gasteiger partial charge in [-0.25, -0.2) is 8.42 Å². The minimum absolute atomic E-state index is 0.112. The molecule has 1 saturated heterocycles. The second-order valence-electron chi connectivity index (χ2n) is 5.67. The smallest absolute Gasteiger partial charge is 0.217 e. The van der Waals surface area contributed by atoms with Crippen LogP contribution in [0.25, 0.3) is 0 Å². The molecule has 1 aliphatic carbocycles. The summed E-state index contributed by atoms with van der Waals surface area (Å²) in [5.41, 5.74) is 1.10. The zero-order chi connectivity index (χ0) is 15.0. The number of piperazine rings is 1. The Morgan fingerprint density at radius 1 is 1.05 bits per heavy atom. The zero-order valence-corrected chi connectivity index (χ0v) is 14.0. The minimum Gasteiger partial charge on any atom is -0.296 e. The lowest BCUT2D eigenvalue weighted by Crippen LogP contribution is -2.49. The SMILES string of the molecule is O=S(=O)(C1CC1)N1CCN(Cc2ccc(Cl)c(Cl)c2)CC1. The highest BCUT2D eigenvalue weighted by atomic mass is 35.5. The van der Waals surface area contributed by atoms with E-state index in [2.05, 4.69) is 4.90 Å². The van der Waals surface area contributed by atoms with E-state index in [1.165, 1.54) is 0 Å². The van der Waals surface area contributed by atoms with Crippen LogP contribution in [0.3, 0.4) is 0 Å². The molecule has 0 spiro atoms. The molecule has 0 N–H and O–H groups in total.